The number of amides is 1. The minimum absolute atomic E-state index is 0.0698. The first-order valence-electron chi connectivity index (χ1n) is 10.7. The van der Waals surface area contributed by atoms with E-state index in [1.54, 1.807) is 12.1 Å². The first kappa shape index (κ1) is 24.8. The number of carbonyl (C=O) groups is 1. The van der Waals surface area contributed by atoms with Crippen LogP contribution in [0.25, 0.3) is 0 Å². The van der Waals surface area contributed by atoms with Crippen LogP contribution in [0.2, 0.25) is 5.02 Å². The summed E-state index contributed by atoms with van der Waals surface area (Å²) in [5.41, 5.74) is 5.62. The maximum absolute atomic E-state index is 13.5. The average Bonchev–Trinajstić information content (AvgIpc) is 2.74. The van der Waals surface area contributed by atoms with Gasteiger partial charge in [-0.25, -0.2) is 8.42 Å². The highest BCUT2D eigenvalue weighted by atomic mass is 35.5. The van der Waals surface area contributed by atoms with Gasteiger partial charge in [-0.15, -0.1) is 0 Å². The number of hydrogen-bond acceptors (Lipinski definition) is 3. The largest absolute Gasteiger partial charge is 0.348 e. The predicted octanol–water partition coefficient (Wildman–Crippen LogP) is 5.65. The van der Waals surface area contributed by atoms with Crippen molar-refractivity contribution in [3.05, 3.63) is 93.5 Å². The van der Waals surface area contributed by atoms with Gasteiger partial charge in [0.25, 0.3) is 10.0 Å². The Kier molecular flexibility index (Phi) is 7.50. The summed E-state index contributed by atoms with van der Waals surface area (Å²) in [6, 6.07) is 17.1. The Labute approximate surface area is 201 Å². The van der Waals surface area contributed by atoms with Gasteiger partial charge in [-0.05, 0) is 93.3 Å². The van der Waals surface area contributed by atoms with Gasteiger partial charge in [-0.1, -0.05) is 41.4 Å². The molecule has 0 radical (unpaired) electrons. The van der Waals surface area contributed by atoms with Gasteiger partial charge in [0.1, 0.15) is 6.54 Å². The molecule has 1 amide bonds. The van der Waals surface area contributed by atoms with E-state index in [1.807, 2.05) is 52.8 Å². The zero-order valence-corrected chi connectivity index (χ0v) is 21.1. The summed E-state index contributed by atoms with van der Waals surface area (Å²) in [6.45, 7) is 9.43. The second-order valence-corrected chi connectivity index (χ2v) is 10.7. The van der Waals surface area contributed by atoms with Crippen molar-refractivity contribution in [1.82, 2.24) is 5.32 Å². The molecule has 0 aliphatic rings. The van der Waals surface area contributed by atoms with Crippen LogP contribution >= 0.6 is 11.6 Å². The molecule has 1 unspecified atom stereocenters. The Balaban J connectivity index is 1.93. The average molecular weight is 485 g/mol. The number of carbonyl (C=O) groups excluding carboxylic acids is 1. The predicted molar refractivity (Wildman–Crippen MR) is 134 cm³/mol. The third-order valence-electron chi connectivity index (χ3n) is 5.74. The van der Waals surface area contributed by atoms with Crippen molar-refractivity contribution in [2.45, 2.75) is 45.6 Å². The second kappa shape index (κ2) is 9.98. The first-order valence-corrected chi connectivity index (χ1v) is 12.5. The van der Waals surface area contributed by atoms with Crippen LogP contribution in [-0.2, 0) is 14.8 Å². The maximum Gasteiger partial charge on any atom is 0.264 e. The van der Waals surface area contributed by atoms with E-state index in [9.17, 15) is 13.2 Å². The van der Waals surface area contributed by atoms with Crippen molar-refractivity contribution in [3.8, 4) is 0 Å². The lowest BCUT2D eigenvalue weighted by Crippen LogP contribution is -2.41. The van der Waals surface area contributed by atoms with E-state index in [-0.39, 0.29) is 17.5 Å². The number of halogens is 1. The minimum Gasteiger partial charge on any atom is -0.348 e. The van der Waals surface area contributed by atoms with Gasteiger partial charge in [0.05, 0.1) is 16.6 Å². The van der Waals surface area contributed by atoms with Gasteiger partial charge < -0.3 is 5.32 Å². The highest BCUT2D eigenvalue weighted by molar-refractivity contribution is 7.92. The van der Waals surface area contributed by atoms with Crippen LogP contribution in [0.3, 0.4) is 0 Å². The van der Waals surface area contributed by atoms with E-state index >= 15 is 0 Å². The van der Waals surface area contributed by atoms with Crippen molar-refractivity contribution < 1.29 is 13.2 Å². The number of aryl methyl sites for hydroxylation is 4. The standard InChI is InChI=1S/C26H29ClN2O3S/c1-17-6-13-25(20(4)14-17)21(5)28-26(30)16-29(23-10-7-18(2)19(3)15-23)33(31,32)24-11-8-22(27)9-12-24/h6-15,21H,16H2,1-5H3,(H,28,30). The summed E-state index contributed by atoms with van der Waals surface area (Å²) in [4.78, 5) is 13.1. The van der Waals surface area contributed by atoms with Crippen molar-refractivity contribution >= 4 is 33.2 Å². The number of benzene rings is 3. The van der Waals surface area contributed by atoms with E-state index in [0.29, 0.717) is 10.7 Å². The lowest BCUT2D eigenvalue weighted by Gasteiger charge is -2.26. The van der Waals surface area contributed by atoms with E-state index < -0.39 is 15.9 Å². The lowest BCUT2D eigenvalue weighted by atomic mass is 10.0. The fourth-order valence-corrected chi connectivity index (χ4v) is 5.28. The Bertz CT molecular complexity index is 1270. The van der Waals surface area contributed by atoms with Crippen LogP contribution in [0, 0.1) is 27.7 Å². The number of sulfonamides is 1. The molecule has 0 aliphatic carbocycles. The molecule has 174 valence electrons. The molecule has 33 heavy (non-hydrogen) atoms. The molecule has 7 heteroatoms. The normalized spacial score (nSPS) is 12.3. The van der Waals surface area contributed by atoms with Crippen LogP contribution in [0.1, 0.15) is 40.8 Å². The summed E-state index contributed by atoms with van der Waals surface area (Å²) in [6.07, 6.45) is 0. The number of nitrogens with one attached hydrogen (secondary N) is 1. The lowest BCUT2D eigenvalue weighted by molar-refractivity contribution is -0.120. The molecule has 0 bridgehead atoms. The van der Waals surface area contributed by atoms with Crippen LogP contribution in [0.4, 0.5) is 5.69 Å². The third kappa shape index (κ3) is 5.75. The van der Waals surface area contributed by atoms with Crippen LogP contribution in [0.15, 0.2) is 65.6 Å². The van der Waals surface area contributed by atoms with Gasteiger partial charge >= 0.3 is 0 Å². The number of nitrogens with zero attached hydrogens (tertiary/aromatic N) is 1. The molecule has 0 saturated carbocycles. The first-order chi connectivity index (χ1) is 15.5. The van der Waals surface area contributed by atoms with Crippen LogP contribution in [0.5, 0.6) is 0 Å². The van der Waals surface area contributed by atoms with Gasteiger partial charge in [0.15, 0.2) is 0 Å². The zero-order valence-electron chi connectivity index (χ0n) is 19.5. The molecule has 1 atom stereocenters. The summed E-state index contributed by atoms with van der Waals surface area (Å²) in [5.74, 6) is -0.391. The zero-order chi connectivity index (χ0) is 24.3. The molecule has 0 aromatic heterocycles. The van der Waals surface area contributed by atoms with E-state index in [2.05, 4.69) is 11.4 Å². The molecular weight excluding hydrogens is 456 g/mol. The molecule has 3 aromatic rings. The molecule has 5 nitrogen and oxygen atoms in total. The fourth-order valence-electron chi connectivity index (χ4n) is 3.74. The van der Waals surface area contributed by atoms with E-state index in [0.717, 1.165) is 32.1 Å². The van der Waals surface area contributed by atoms with Crippen molar-refractivity contribution in [2.24, 2.45) is 0 Å². The number of rotatable bonds is 7. The van der Waals surface area contributed by atoms with Crippen LogP contribution in [-0.4, -0.2) is 20.9 Å². The highest BCUT2D eigenvalue weighted by Gasteiger charge is 2.28. The molecule has 3 aromatic carbocycles. The fraction of sp³-hybridized carbons (Fsp3) is 0.269. The summed E-state index contributed by atoms with van der Waals surface area (Å²) in [5, 5.41) is 3.39. The van der Waals surface area contributed by atoms with Crippen molar-refractivity contribution in [2.75, 3.05) is 10.8 Å². The van der Waals surface area contributed by atoms with Crippen molar-refractivity contribution in [3.63, 3.8) is 0 Å². The van der Waals surface area contributed by atoms with E-state index in [1.165, 1.54) is 24.3 Å². The third-order valence-corrected chi connectivity index (χ3v) is 7.78. The summed E-state index contributed by atoms with van der Waals surface area (Å²) < 4.78 is 28.2. The molecule has 0 aliphatic heterocycles. The molecular formula is C26H29ClN2O3S. The quantitative estimate of drug-likeness (QED) is 0.471. The maximum atomic E-state index is 13.5. The molecule has 1 N–H and O–H groups in total. The topological polar surface area (TPSA) is 66.5 Å². The Morgan fingerprint density at radius 1 is 0.909 bits per heavy atom. The summed E-state index contributed by atoms with van der Waals surface area (Å²) in [7, 11) is -4.00. The molecule has 0 saturated heterocycles. The Morgan fingerprint density at radius 3 is 2.18 bits per heavy atom. The molecule has 0 spiro atoms. The molecule has 3 rings (SSSR count). The Morgan fingerprint density at radius 2 is 1.58 bits per heavy atom. The second-order valence-electron chi connectivity index (χ2n) is 8.38. The smallest absolute Gasteiger partial charge is 0.264 e. The van der Waals surface area contributed by atoms with Crippen LogP contribution < -0.4 is 9.62 Å². The summed E-state index contributed by atoms with van der Waals surface area (Å²) >= 11 is 5.95. The Hall–Kier alpha value is -2.83. The highest BCUT2D eigenvalue weighted by Crippen LogP contribution is 2.27. The minimum atomic E-state index is -4.00. The SMILES string of the molecule is Cc1ccc(C(C)NC(=O)CN(c2ccc(C)c(C)c2)S(=O)(=O)c2ccc(Cl)cc2)c(C)c1. The van der Waals surface area contributed by atoms with Gasteiger partial charge in [0, 0.05) is 5.02 Å². The van der Waals surface area contributed by atoms with E-state index in [4.69, 9.17) is 11.6 Å². The van der Waals surface area contributed by atoms with Crippen molar-refractivity contribution in [1.29, 1.82) is 0 Å². The number of hydrogen-bond donors (Lipinski definition) is 1. The van der Waals surface area contributed by atoms with Gasteiger partial charge in [0.2, 0.25) is 5.91 Å². The number of anilines is 1. The van der Waals surface area contributed by atoms with Gasteiger partial charge in [-0.3, -0.25) is 9.10 Å². The molecule has 0 heterocycles. The van der Waals surface area contributed by atoms with Gasteiger partial charge in [-0.2, -0.15) is 0 Å². The monoisotopic (exact) mass is 484 g/mol. The molecule has 0 fully saturated rings.